The van der Waals surface area contributed by atoms with Crippen molar-refractivity contribution in [2.45, 2.75) is 0 Å². The molecule has 15 heavy (non-hydrogen) atoms. The molecule has 0 bridgehead atoms. The lowest BCUT2D eigenvalue weighted by Gasteiger charge is -2.02. The molecule has 5 nitrogen and oxygen atoms in total. The Hall–Kier alpha value is -1.82. The summed E-state index contributed by atoms with van der Waals surface area (Å²) in [5.74, 6) is -0.391. The summed E-state index contributed by atoms with van der Waals surface area (Å²) in [6.45, 7) is 0. The summed E-state index contributed by atoms with van der Waals surface area (Å²) in [6, 6.07) is 5.18. The molecule has 0 radical (unpaired) electrons. The van der Waals surface area contributed by atoms with Crippen LogP contribution in [0.25, 0.3) is 11.1 Å². The van der Waals surface area contributed by atoms with Crippen LogP contribution in [0, 0.1) is 0 Å². The van der Waals surface area contributed by atoms with Gasteiger partial charge in [-0.2, -0.15) is 0 Å². The van der Waals surface area contributed by atoms with Gasteiger partial charge in [-0.1, -0.05) is 0 Å². The number of rotatable bonds is 1. The van der Waals surface area contributed by atoms with E-state index in [0.717, 1.165) is 5.69 Å². The molecule has 2 rings (SSSR count). The fourth-order valence-electron chi connectivity index (χ4n) is 1.35. The lowest BCUT2D eigenvalue weighted by atomic mass is 10.3. The van der Waals surface area contributed by atoms with Gasteiger partial charge >= 0.3 is 5.76 Å². The summed E-state index contributed by atoms with van der Waals surface area (Å²) in [5, 5.41) is 2.97. The number of nitrogens with one attached hydrogen (secondary N) is 1. The molecule has 0 unspecified atom stereocenters. The maximum Gasteiger partial charge on any atom is 0.419 e. The van der Waals surface area contributed by atoms with Crippen molar-refractivity contribution in [3.05, 3.63) is 28.7 Å². The average molecular weight is 223 g/mol. The highest BCUT2D eigenvalue weighted by Gasteiger charge is 2.06. The molecule has 0 aliphatic rings. The molecule has 0 saturated carbocycles. The number of hydrogen-bond acceptors (Lipinski definition) is 3. The first-order valence-electron chi connectivity index (χ1n) is 4.24. The molecule has 78 valence electrons. The number of aromatic nitrogens is 1. The summed E-state index contributed by atoms with van der Waals surface area (Å²) in [5.41, 5.74) is 7.30. The number of hydrogen-bond donors (Lipinski definition) is 2. The minimum absolute atomic E-state index is 0.183. The number of aryl methyl sites for hydroxylation is 1. The van der Waals surface area contributed by atoms with E-state index in [0.29, 0.717) is 11.1 Å². The van der Waals surface area contributed by atoms with Gasteiger partial charge in [-0.25, -0.2) is 4.79 Å². The zero-order chi connectivity index (χ0) is 11.0. The highest BCUT2D eigenvalue weighted by Crippen LogP contribution is 2.17. The van der Waals surface area contributed by atoms with Crippen molar-refractivity contribution in [1.29, 1.82) is 0 Å². The highest BCUT2D eigenvalue weighted by atomic mass is 32.1. The zero-order valence-corrected chi connectivity index (χ0v) is 8.80. The van der Waals surface area contributed by atoms with Crippen LogP contribution in [0.3, 0.4) is 0 Å². The third-order valence-electron chi connectivity index (χ3n) is 2.06. The Morgan fingerprint density at radius 1 is 1.60 bits per heavy atom. The summed E-state index contributed by atoms with van der Waals surface area (Å²) in [4.78, 5) is 11.2. The van der Waals surface area contributed by atoms with E-state index in [1.54, 1.807) is 25.2 Å². The molecule has 0 amide bonds. The Morgan fingerprint density at radius 3 is 3.00 bits per heavy atom. The quantitative estimate of drug-likeness (QED) is 0.699. The Balaban J connectivity index is 2.59. The summed E-state index contributed by atoms with van der Waals surface area (Å²) < 4.78 is 6.39. The molecular weight excluding hydrogens is 214 g/mol. The number of thiocarbonyl (C=S) groups is 1. The summed E-state index contributed by atoms with van der Waals surface area (Å²) in [7, 11) is 1.64. The molecule has 0 fully saturated rings. The van der Waals surface area contributed by atoms with Crippen molar-refractivity contribution < 1.29 is 4.42 Å². The maximum atomic E-state index is 11.2. The first kappa shape index (κ1) is 9.72. The van der Waals surface area contributed by atoms with E-state index in [1.165, 1.54) is 4.57 Å². The second kappa shape index (κ2) is 3.39. The second-order valence-electron chi connectivity index (χ2n) is 3.10. The third-order valence-corrected chi connectivity index (χ3v) is 2.16. The van der Waals surface area contributed by atoms with E-state index in [4.69, 9.17) is 22.4 Å². The van der Waals surface area contributed by atoms with Gasteiger partial charge in [-0.15, -0.1) is 0 Å². The molecule has 1 heterocycles. The number of benzene rings is 1. The van der Waals surface area contributed by atoms with Crippen LogP contribution in [0.1, 0.15) is 0 Å². The van der Waals surface area contributed by atoms with Crippen LogP contribution >= 0.6 is 12.2 Å². The van der Waals surface area contributed by atoms with Gasteiger partial charge in [0, 0.05) is 12.7 Å². The SMILES string of the molecule is Cn1c(=O)oc2ccc(NC(N)=S)cc21. The Kier molecular flexibility index (Phi) is 2.20. The van der Waals surface area contributed by atoms with Crippen LogP contribution < -0.4 is 16.8 Å². The van der Waals surface area contributed by atoms with E-state index in [9.17, 15) is 4.79 Å². The fourth-order valence-corrected chi connectivity index (χ4v) is 1.46. The average Bonchev–Trinajstić information content (AvgIpc) is 2.43. The predicted octanol–water partition coefficient (Wildman–Crippen LogP) is 0.787. The van der Waals surface area contributed by atoms with Crippen LogP contribution in [0.4, 0.5) is 5.69 Å². The van der Waals surface area contributed by atoms with Gasteiger partial charge in [0.15, 0.2) is 10.7 Å². The molecule has 6 heteroatoms. The van der Waals surface area contributed by atoms with Crippen LogP contribution in [-0.2, 0) is 7.05 Å². The lowest BCUT2D eigenvalue weighted by molar-refractivity contribution is 0.528. The molecule has 0 atom stereocenters. The molecule has 0 aliphatic carbocycles. The smallest absolute Gasteiger partial charge is 0.408 e. The normalized spacial score (nSPS) is 10.5. The molecule has 0 spiro atoms. The predicted molar refractivity (Wildman–Crippen MR) is 61.9 cm³/mol. The number of oxazole rings is 1. The molecule has 3 N–H and O–H groups in total. The first-order chi connectivity index (χ1) is 7.08. The van der Waals surface area contributed by atoms with E-state index in [-0.39, 0.29) is 5.11 Å². The van der Waals surface area contributed by atoms with Crippen molar-refractivity contribution in [2.75, 3.05) is 5.32 Å². The van der Waals surface area contributed by atoms with E-state index in [1.807, 2.05) is 0 Å². The van der Waals surface area contributed by atoms with Crippen molar-refractivity contribution >= 4 is 34.1 Å². The number of nitrogens with zero attached hydrogens (tertiary/aromatic N) is 1. The van der Waals surface area contributed by atoms with Gasteiger partial charge in [0.25, 0.3) is 0 Å². The monoisotopic (exact) mass is 223 g/mol. The molecule has 0 aliphatic heterocycles. The molecule has 1 aromatic heterocycles. The highest BCUT2D eigenvalue weighted by molar-refractivity contribution is 7.80. The minimum Gasteiger partial charge on any atom is -0.408 e. The number of anilines is 1. The van der Waals surface area contributed by atoms with Gasteiger partial charge in [0.2, 0.25) is 0 Å². The summed E-state index contributed by atoms with van der Waals surface area (Å²) in [6.07, 6.45) is 0. The number of nitrogens with two attached hydrogens (primary N) is 1. The Labute approximate surface area is 90.5 Å². The van der Waals surface area contributed by atoms with Crippen molar-refractivity contribution in [2.24, 2.45) is 12.8 Å². The second-order valence-corrected chi connectivity index (χ2v) is 3.54. The molecule has 0 saturated heterocycles. The van der Waals surface area contributed by atoms with Gasteiger partial charge < -0.3 is 15.5 Å². The van der Waals surface area contributed by atoms with Crippen LogP contribution in [0.5, 0.6) is 0 Å². The Bertz CT molecular complexity index is 585. The largest absolute Gasteiger partial charge is 0.419 e. The van der Waals surface area contributed by atoms with Crippen molar-refractivity contribution in [3.63, 3.8) is 0 Å². The first-order valence-corrected chi connectivity index (χ1v) is 4.65. The van der Waals surface area contributed by atoms with Crippen LogP contribution in [0.15, 0.2) is 27.4 Å². The Morgan fingerprint density at radius 2 is 2.33 bits per heavy atom. The van der Waals surface area contributed by atoms with Crippen LogP contribution in [-0.4, -0.2) is 9.68 Å². The molecular formula is C9H9N3O2S. The zero-order valence-electron chi connectivity index (χ0n) is 7.98. The van der Waals surface area contributed by atoms with Gasteiger partial charge in [0.1, 0.15) is 0 Å². The lowest BCUT2D eigenvalue weighted by Crippen LogP contribution is -2.18. The maximum absolute atomic E-state index is 11.2. The molecule has 2 aromatic rings. The van der Waals surface area contributed by atoms with Gasteiger partial charge in [-0.05, 0) is 30.4 Å². The van der Waals surface area contributed by atoms with E-state index in [2.05, 4.69) is 5.32 Å². The van der Waals surface area contributed by atoms with E-state index < -0.39 is 5.76 Å². The van der Waals surface area contributed by atoms with Gasteiger partial charge in [-0.3, -0.25) is 4.57 Å². The van der Waals surface area contributed by atoms with Crippen molar-refractivity contribution in [1.82, 2.24) is 4.57 Å². The fraction of sp³-hybridized carbons (Fsp3) is 0.111. The summed E-state index contributed by atoms with van der Waals surface area (Å²) >= 11 is 4.71. The topological polar surface area (TPSA) is 73.2 Å². The van der Waals surface area contributed by atoms with E-state index >= 15 is 0 Å². The van der Waals surface area contributed by atoms with Crippen LogP contribution in [0.2, 0.25) is 0 Å². The minimum atomic E-state index is -0.391. The van der Waals surface area contributed by atoms with Crippen molar-refractivity contribution in [3.8, 4) is 0 Å². The standard InChI is InChI=1S/C9H9N3O2S/c1-12-6-4-5(11-8(10)15)2-3-7(6)14-9(12)13/h2-4H,1H3,(H3,10,11,15). The van der Waals surface area contributed by atoms with Gasteiger partial charge in [0.05, 0.1) is 5.52 Å². The number of fused-ring (bicyclic) bond motifs is 1. The molecule has 1 aromatic carbocycles. The third kappa shape index (κ3) is 1.71.